The summed E-state index contributed by atoms with van der Waals surface area (Å²) >= 11 is 0. The normalized spacial score (nSPS) is 16.6. The third-order valence-electron chi connectivity index (χ3n) is 7.26. The molecule has 5 nitrogen and oxygen atoms in total. The highest BCUT2D eigenvalue weighted by atomic mass is 19.4. The van der Waals surface area contributed by atoms with Crippen molar-refractivity contribution in [2.24, 2.45) is 0 Å². The Hall–Kier alpha value is -3.44. The molecule has 0 aliphatic carbocycles. The van der Waals surface area contributed by atoms with Gasteiger partial charge in [-0.2, -0.15) is 26.3 Å². The molecule has 0 saturated carbocycles. The first kappa shape index (κ1) is 29.5. The lowest BCUT2D eigenvalue weighted by Crippen LogP contribution is -2.66. The zero-order valence-electron chi connectivity index (χ0n) is 22.2. The molecule has 1 aliphatic heterocycles. The van der Waals surface area contributed by atoms with Crippen LogP contribution in [0.15, 0.2) is 78.9 Å². The fourth-order valence-electron chi connectivity index (χ4n) is 5.21. The summed E-state index contributed by atoms with van der Waals surface area (Å²) in [5.74, 6) is 1.05. The van der Waals surface area contributed by atoms with Crippen molar-refractivity contribution in [2.45, 2.75) is 24.6 Å². The van der Waals surface area contributed by atoms with Gasteiger partial charge in [0, 0.05) is 45.3 Å². The van der Waals surface area contributed by atoms with E-state index in [9.17, 15) is 13.2 Å². The molecular formula is C29H31F6N3O2. The summed E-state index contributed by atoms with van der Waals surface area (Å²) in [7, 11) is 2.99. The molecule has 1 unspecified atom stereocenters. The van der Waals surface area contributed by atoms with Gasteiger partial charge in [-0.1, -0.05) is 60.7 Å². The lowest BCUT2D eigenvalue weighted by molar-refractivity contribution is -0.292. The molecule has 1 heterocycles. The molecule has 11 heteroatoms. The number of halogens is 6. The number of hydrogen-bond acceptors (Lipinski definition) is 5. The predicted molar refractivity (Wildman–Crippen MR) is 140 cm³/mol. The van der Waals surface area contributed by atoms with Gasteiger partial charge in [-0.05, 0) is 23.3 Å². The number of rotatable bonds is 9. The van der Waals surface area contributed by atoms with Gasteiger partial charge in [-0.3, -0.25) is 4.90 Å². The molecule has 4 rings (SSSR count). The standard InChI is InChI=1S/C29H31F6N3O2/c1-39-24-13-14-25(26(19-24)40-2)36-15-17-37(18-16-36)27(28(30,31)32,23-11-7-4-8-12-23)21-38(29(33,34)35)20-22-9-5-3-6-10-22/h3-14,19H,15-18,20-21H2,1-2H3. The van der Waals surface area contributed by atoms with Gasteiger partial charge in [-0.15, -0.1) is 0 Å². The number of methoxy groups -OCH3 is 2. The summed E-state index contributed by atoms with van der Waals surface area (Å²) in [5, 5.41) is 0. The first-order chi connectivity index (χ1) is 19.0. The summed E-state index contributed by atoms with van der Waals surface area (Å²) in [6, 6.07) is 19.7. The zero-order valence-corrected chi connectivity index (χ0v) is 22.2. The van der Waals surface area contributed by atoms with Gasteiger partial charge in [0.2, 0.25) is 0 Å². The Morgan fingerprint density at radius 3 is 1.88 bits per heavy atom. The van der Waals surface area contributed by atoms with E-state index in [-0.39, 0.29) is 42.2 Å². The maximum absolute atomic E-state index is 15.3. The number of anilines is 1. The van der Waals surface area contributed by atoms with E-state index in [1.165, 1.54) is 50.6 Å². The topological polar surface area (TPSA) is 28.2 Å². The minimum atomic E-state index is -5.02. The molecule has 0 amide bonds. The van der Waals surface area contributed by atoms with Gasteiger partial charge < -0.3 is 14.4 Å². The minimum absolute atomic E-state index is 0.0400. The van der Waals surface area contributed by atoms with Gasteiger partial charge in [0.25, 0.3) is 0 Å². The first-order valence-corrected chi connectivity index (χ1v) is 12.7. The van der Waals surface area contributed by atoms with E-state index < -0.39 is 31.1 Å². The molecule has 0 N–H and O–H groups in total. The lowest BCUT2D eigenvalue weighted by atomic mass is 9.85. The van der Waals surface area contributed by atoms with E-state index in [4.69, 9.17) is 9.47 Å². The Balaban J connectivity index is 1.71. The van der Waals surface area contributed by atoms with Gasteiger partial charge in [-0.25, -0.2) is 4.90 Å². The number of piperazine rings is 1. The fourth-order valence-corrected chi connectivity index (χ4v) is 5.21. The smallest absolute Gasteiger partial charge is 0.460 e. The first-order valence-electron chi connectivity index (χ1n) is 12.7. The second-order valence-corrected chi connectivity index (χ2v) is 9.55. The lowest BCUT2D eigenvalue weighted by Gasteiger charge is -2.50. The van der Waals surface area contributed by atoms with Gasteiger partial charge >= 0.3 is 12.5 Å². The van der Waals surface area contributed by atoms with Crippen molar-refractivity contribution in [3.05, 3.63) is 90.0 Å². The van der Waals surface area contributed by atoms with Crippen molar-refractivity contribution < 1.29 is 35.8 Å². The van der Waals surface area contributed by atoms with Gasteiger partial charge in [0.05, 0.1) is 19.9 Å². The maximum Gasteiger partial charge on any atom is 0.460 e. The summed E-state index contributed by atoms with van der Waals surface area (Å²) in [6.07, 6.45) is -10.0. The summed E-state index contributed by atoms with van der Waals surface area (Å²) in [6.45, 7) is -1.97. The van der Waals surface area contributed by atoms with Crippen molar-refractivity contribution in [2.75, 3.05) is 51.8 Å². The van der Waals surface area contributed by atoms with Crippen LogP contribution in [0.4, 0.5) is 32.0 Å². The van der Waals surface area contributed by atoms with Gasteiger partial charge in [0.1, 0.15) is 11.5 Å². The van der Waals surface area contributed by atoms with E-state index in [0.29, 0.717) is 17.2 Å². The zero-order chi connectivity index (χ0) is 29.0. The van der Waals surface area contributed by atoms with E-state index in [1.54, 1.807) is 42.5 Å². The SMILES string of the molecule is COc1ccc(N2CCN(C(CN(Cc3ccccc3)C(F)(F)F)(c3ccccc3)C(F)(F)F)CC2)c(OC)c1. The average molecular weight is 568 g/mol. The van der Waals surface area contributed by atoms with Crippen LogP contribution in [-0.4, -0.2) is 69.2 Å². The Bertz CT molecular complexity index is 1230. The van der Waals surface area contributed by atoms with Crippen LogP contribution in [0, 0.1) is 0 Å². The molecule has 40 heavy (non-hydrogen) atoms. The number of alkyl halides is 6. The Kier molecular flexibility index (Phi) is 8.84. The molecule has 1 saturated heterocycles. The summed E-state index contributed by atoms with van der Waals surface area (Å²) in [5.41, 5.74) is -2.21. The van der Waals surface area contributed by atoms with Gasteiger partial charge in [0.15, 0.2) is 5.54 Å². The van der Waals surface area contributed by atoms with E-state index in [0.717, 1.165) is 4.90 Å². The second kappa shape index (κ2) is 12.0. The minimum Gasteiger partial charge on any atom is -0.497 e. The van der Waals surface area contributed by atoms with Crippen LogP contribution in [0.5, 0.6) is 11.5 Å². The molecule has 0 aromatic heterocycles. The number of nitrogens with zero attached hydrogens (tertiary/aromatic N) is 3. The molecule has 1 fully saturated rings. The number of hydrogen-bond donors (Lipinski definition) is 0. The maximum atomic E-state index is 15.3. The van der Waals surface area contributed by atoms with Crippen LogP contribution in [0.1, 0.15) is 11.1 Å². The fraction of sp³-hybridized carbons (Fsp3) is 0.379. The van der Waals surface area contributed by atoms with E-state index in [1.807, 2.05) is 4.90 Å². The molecule has 216 valence electrons. The highest BCUT2D eigenvalue weighted by Crippen LogP contribution is 2.47. The third-order valence-corrected chi connectivity index (χ3v) is 7.26. The number of ether oxygens (including phenoxy) is 2. The quantitative estimate of drug-likeness (QED) is 0.223. The Morgan fingerprint density at radius 2 is 1.35 bits per heavy atom. The molecule has 1 atom stereocenters. The van der Waals surface area contributed by atoms with E-state index in [2.05, 4.69) is 0 Å². The Labute approximate surface area is 229 Å². The van der Waals surface area contributed by atoms with Crippen LogP contribution < -0.4 is 14.4 Å². The van der Waals surface area contributed by atoms with Crippen molar-refractivity contribution in [1.82, 2.24) is 9.80 Å². The molecule has 0 spiro atoms. The number of benzene rings is 3. The highest BCUT2D eigenvalue weighted by molar-refractivity contribution is 5.61. The molecular weight excluding hydrogens is 536 g/mol. The molecule has 0 radical (unpaired) electrons. The molecule has 3 aromatic rings. The van der Waals surface area contributed by atoms with Crippen molar-refractivity contribution >= 4 is 5.69 Å². The van der Waals surface area contributed by atoms with E-state index >= 15 is 13.2 Å². The van der Waals surface area contributed by atoms with Crippen LogP contribution >= 0.6 is 0 Å². The molecule has 3 aromatic carbocycles. The second-order valence-electron chi connectivity index (χ2n) is 9.55. The van der Waals surface area contributed by atoms with Crippen LogP contribution in [0.3, 0.4) is 0 Å². The van der Waals surface area contributed by atoms with Crippen LogP contribution in [0.2, 0.25) is 0 Å². The average Bonchev–Trinajstić information content (AvgIpc) is 2.95. The van der Waals surface area contributed by atoms with Crippen LogP contribution in [0.25, 0.3) is 0 Å². The Morgan fingerprint density at radius 1 is 0.750 bits per heavy atom. The monoisotopic (exact) mass is 567 g/mol. The van der Waals surface area contributed by atoms with Crippen molar-refractivity contribution in [3.63, 3.8) is 0 Å². The largest absolute Gasteiger partial charge is 0.497 e. The third kappa shape index (κ3) is 6.15. The van der Waals surface area contributed by atoms with Crippen LogP contribution in [-0.2, 0) is 12.1 Å². The van der Waals surface area contributed by atoms with Crippen molar-refractivity contribution in [3.8, 4) is 11.5 Å². The van der Waals surface area contributed by atoms with Crippen molar-refractivity contribution in [1.29, 1.82) is 0 Å². The highest BCUT2D eigenvalue weighted by Gasteiger charge is 2.62. The predicted octanol–water partition coefficient (Wildman–Crippen LogP) is 6.31. The molecule has 1 aliphatic rings. The summed E-state index contributed by atoms with van der Waals surface area (Å²) in [4.78, 5) is 2.96. The summed E-state index contributed by atoms with van der Waals surface area (Å²) < 4.78 is 99.5. The molecule has 0 bridgehead atoms.